The van der Waals surface area contributed by atoms with Crippen molar-refractivity contribution < 1.29 is 14.0 Å². The van der Waals surface area contributed by atoms with E-state index in [1.165, 1.54) is 0 Å². The summed E-state index contributed by atoms with van der Waals surface area (Å²) in [5, 5.41) is 6.56. The molecule has 1 aliphatic carbocycles. The minimum atomic E-state index is -0.483. The van der Waals surface area contributed by atoms with Crippen molar-refractivity contribution in [3.8, 4) is 0 Å². The highest BCUT2D eigenvalue weighted by Crippen LogP contribution is 2.44. The number of carbonyl (C=O) groups is 2. The van der Waals surface area contributed by atoms with Crippen LogP contribution >= 0.6 is 0 Å². The molecular weight excluding hydrogens is 414 g/mol. The zero-order valence-corrected chi connectivity index (χ0v) is 18.9. The number of hydrogen-bond donors (Lipinski definition) is 2. The molecule has 168 valence electrons. The van der Waals surface area contributed by atoms with Crippen LogP contribution in [0.5, 0.6) is 0 Å². The van der Waals surface area contributed by atoms with Gasteiger partial charge < -0.3 is 20.0 Å². The van der Waals surface area contributed by atoms with Crippen LogP contribution in [-0.4, -0.2) is 18.2 Å². The number of rotatable bonds is 4. The van der Waals surface area contributed by atoms with Gasteiger partial charge in [0, 0.05) is 23.4 Å². The topological polar surface area (TPSA) is 74.6 Å². The molecule has 0 saturated heterocycles. The van der Waals surface area contributed by atoms with Gasteiger partial charge >= 0.3 is 0 Å². The Morgan fingerprint density at radius 3 is 2.76 bits per heavy atom. The Hall–Kier alpha value is -3.80. The largest absolute Gasteiger partial charge is 0.467 e. The number of furan rings is 1. The van der Waals surface area contributed by atoms with E-state index in [2.05, 4.69) is 10.6 Å². The molecule has 0 bridgehead atoms. The lowest BCUT2D eigenvalue weighted by molar-refractivity contribution is -0.117. The minimum Gasteiger partial charge on any atom is -0.467 e. The smallest absolute Gasteiger partial charge is 0.243 e. The summed E-state index contributed by atoms with van der Waals surface area (Å²) in [6.45, 7) is 4.10. The van der Waals surface area contributed by atoms with E-state index in [0.717, 1.165) is 46.7 Å². The van der Waals surface area contributed by atoms with Crippen LogP contribution in [0.2, 0.25) is 0 Å². The fourth-order valence-electron chi connectivity index (χ4n) is 4.75. The molecule has 2 aromatic carbocycles. The van der Waals surface area contributed by atoms with Crippen molar-refractivity contribution in [2.75, 3.05) is 22.1 Å². The maximum atomic E-state index is 13.3. The van der Waals surface area contributed by atoms with Gasteiger partial charge in [-0.05, 0) is 68.1 Å². The third kappa shape index (κ3) is 3.93. The third-order valence-electron chi connectivity index (χ3n) is 6.55. The fraction of sp³-hybridized carbons (Fsp3) is 0.259. The molecule has 2 heterocycles. The molecule has 2 N–H and O–H groups in total. The molecule has 0 fully saturated rings. The van der Waals surface area contributed by atoms with Gasteiger partial charge in [0.1, 0.15) is 11.8 Å². The van der Waals surface area contributed by atoms with Crippen molar-refractivity contribution >= 4 is 28.8 Å². The first-order valence-electron chi connectivity index (χ1n) is 11.3. The van der Waals surface area contributed by atoms with Gasteiger partial charge in [-0.3, -0.25) is 9.59 Å². The zero-order valence-electron chi connectivity index (χ0n) is 18.9. The first-order valence-corrected chi connectivity index (χ1v) is 11.3. The molecule has 0 saturated carbocycles. The Labute approximate surface area is 193 Å². The molecule has 6 heteroatoms. The SMILES string of the molecule is Cc1cccc(NC(=O)CN2c3ccccc3NC3=C(C(=O)CCC3)C2c2ccco2)c1C. The lowest BCUT2D eigenvalue weighted by Crippen LogP contribution is -2.38. The molecule has 1 amide bonds. The second kappa shape index (κ2) is 8.62. The number of benzene rings is 2. The van der Waals surface area contributed by atoms with Crippen LogP contribution in [0.1, 0.15) is 42.2 Å². The Morgan fingerprint density at radius 2 is 1.94 bits per heavy atom. The van der Waals surface area contributed by atoms with Gasteiger partial charge in [-0.1, -0.05) is 24.3 Å². The number of aryl methyl sites for hydroxylation is 1. The maximum absolute atomic E-state index is 13.3. The number of anilines is 3. The predicted octanol–water partition coefficient (Wildman–Crippen LogP) is 5.52. The van der Waals surface area contributed by atoms with Crippen LogP contribution in [0, 0.1) is 13.8 Å². The van der Waals surface area contributed by atoms with E-state index >= 15 is 0 Å². The molecule has 0 spiro atoms. The highest BCUT2D eigenvalue weighted by molar-refractivity contribution is 6.02. The first kappa shape index (κ1) is 21.1. The summed E-state index contributed by atoms with van der Waals surface area (Å²) in [6.07, 6.45) is 3.71. The summed E-state index contributed by atoms with van der Waals surface area (Å²) < 4.78 is 5.82. The summed E-state index contributed by atoms with van der Waals surface area (Å²) in [4.78, 5) is 28.5. The van der Waals surface area contributed by atoms with Crippen LogP contribution in [0.4, 0.5) is 17.1 Å². The van der Waals surface area contributed by atoms with Crippen LogP contribution in [-0.2, 0) is 9.59 Å². The molecule has 1 aliphatic heterocycles. The van der Waals surface area contributed by atoms with Crippen molar-refractivity contribution in [3.05, 3.63) is 89.0 Å². The summed E-state index contributed by atoms with van der Waals surface area (Å²) in [6, 6.07) is 17.0. The number of para-hydroxylation sites is 2. The summed E-state index contributed by atoms with van der Waals surface area (Å²) in [5.41, 5.74) is 6.30. The lowest BCUT2D eigenvalue weighted by atomic mass is 9.88. The highest BCUT2D eigenvalue weighted by atomic mass is 16.3. The maximum Gasteiger partial charge on any atom is 0.243 e. The predicted molar refractivity (Wildman–Crippen MR) is 129 cm³/mol. The molecule has 3 aromatic rings. The number of ketones is 1. The molecule has 33 heavy (non-hydrogen) atoms. The number of Topliss-reactive ketones (excluding diaryl/α,β-unsaturated/α-hetero) is 1. The van der Waals surface area contributed by atoms with Gasteiger partial charge in [0.2, 0.25) is 5.91 Å². The lowest BCUT2D eigenvalue weighted by Gasteiger charge is -2.33. The first-order chi connectivity index (χ1) is 16.0. The van der Waals surface area contributed by atoms with Crippen molar-refractivity contribution in [1.82, 2.24) is 0 Å². The number of allylic oxidation sites excluding steroid dienone is 1. The van der Waals surface area contributed by atoms with Gasteiger partial charge in [-0.15, -0.1) is 0 Å². The quantitative estimate of drug-likeness (QED) is 0.558. The van der Waals surface area contributed by atoms with E-state index in [4.69, 9.17) is 4.42 Å². The van der Waals surface area contributed by atoms with E-state index in [9.17, 15) is 9.59 Å². The average Bonchev–Trinajstić information content (AvgIpc) is 3.29. The molecule has 2 aliphatic rings. The fourth-order valence-corrected chi connectivity index (χ4v) is 4.75. The normalized spacial score (nSPS) is 17.7. The minimum absolute atomic E-state index is 0.0709. The number of hydrogen-bond acceptors (Lipinski definition) is 5. The number of carbonyl (C=O) groups excluding carboxylic acids is 2. The Balaban J connectivity index is 1.58. The van der Waals surface area contributed by atoms with Gasteiger partial charge in [0.05, 0.1) is 24.2 Å². The van der Waals surface area contributed by atoms with Gasteiger partial charge in [-0.25, -0.2) is 0 Å². The van der Waals surface area contributed by atoms with E-state index in [-0.39, 0.29) is 18.2 Å². The third-order valence-corrected chi connectivity index (χ3v) is 6.55. The Bertz CT molecular complexity index is 1240. The van der Waals surface area contributed by atoms with Gasteiger partial charge in [0.25, 0.3) is 0 Å². The van der Waals surface area contributed by atoms with Crippen LogP contribution in [0.3, 0.4) is 0 Å². The highest BCUT2D eigenvalue weighted by Gasteiger charge is 2.38. The van der Waals surface area contributed by atoms with Crippen molar-refractivity contribution in [2.24, 2.45) is 0 Å². The van der Waals surface area contributed by atoms with Gasteiger partial charge in [-0.2, -0.15) is 0 Å². The summed E-state index contributed by atoms with van der Waals surface area (Å²) in [5.74, 6) is 0.594. The Kier molecular flexibility index (Phi) is 5.50. The van der Waals surface area contributed by atoms with Crippen molar-refractivity contribution in [1.29, 1.82) is 0 Å². The summed E-state index contributed by atoms with van der Waals surface area (Å²) >= 11 is 0. The standard InChI is InChI=1S/C27H27N3O3/c1-17-8-5-10-19(18(17)2)29-25(32)16-30-22-12-4-3-9-20(22)28-21-11-6-13-23(31)26(21)27(30)24-14-7-15-33-24/h3-5,7-10,12,14-15,27-28H,6,11,13,16H2,1-2H3,(H,29,32). The number of amides is 1. The monoisotopic (exact) mass is 441 g/mol. The molecule has 5 rings (SSSR count). The van der Waals surface area contributed by atoms with E-state index < -0.39 is 6.04 Å². The second-order valence-electron chi connectivity index (χ2n) is 8.65. The molecule has 6 nitrogen and oxygen atoms in total. The zero-order chi connectivity index (χ0) is 22.9. The van der Waals surface area contributed by atoms with E-state index in [0.29, 0.717) is 17.8 Å². The van der Waals surface area contributed by atoms with Crippen LogP contribution in [0.15, 0.2) is 76.5 Å². The average molecular weight is 442 g/mol. The second-order valence-corrected chi connectivity index (χ2v) is 8.65. The number of nitrogens with zero attached hydrogens (tertiary/aromatic N) is 1. The number of nitrogens with one attached hydrogen (secondary N) is 2. The van der Waals surface area contributed by atoms with Crippen molar-refractivity contribution in [3.63, 3.8) is 0 Å². The van der Waals surface area contributed by atoms with Gasteiger partial charge in [0.15, 0.2) is 5.78 Å². The Morgan fingerprint density at radius 1 is 1.09 bits per heavy atom. The van der Waals surface area contributed by atoms with E-state index in [1.54, 1.807) is 6.26 Å². The van der Waals surface area contributed by atoms with Crippen LogP contribution in [0.25, 0.3) is 0 Å². The molecule has 1 aromatic heterocycles. The molecule has 1 atom stereocenters. The molecular formula is C27H27N3O3. The molecule has 1 unspecified atom stereocenters. The van der Waals surface area contributed by atoms with E-state index in [1.807, 2.05) is 73.3 Å². The number of fused-ring (bicyclic) bond motifs is 1. The van der Waals surface area contributed by atoms with Crippen LogP contribution < -0.4 is 15.5 Å². The van der Waals surface area contributed by atoms with Crippen molar-refractivity contribution in [2.45, 2.75) is 39.2 Å². The molecule has 0 radical (unpaired) electrons. The summed E-state index contributed by atoms with van der Waals surface area (Å²) in [7, 11) is 0.